The van der Waals surface area contributed by atoms with Gasteiger partial charge in [0.25, 0.3) is 0 Å². The summed E-state index contributed by atoms with van der Waals surface area (Å²) in [7, 11) is 0. The minimum Gasteiger partial charge on any atom is -0.479 e. The molecule has 0 aliphatic rings. The molecule has 1 aromatic carbocycles. The van der Waals surface area contributed by atoms with E-state index in [1.165, 1.54) is 18.2 Å². The Balaban J connectivity index is 3.19. The molecule has 0 saturated heterocycles. The molecule has 0 amide bonds. The van der Waals surface area contributed by atoms with E-state index in [0.29, 0.717) is 11.1 Å². The van der Waals surface area contributed by atoms with Gasteiger partial charge in [-0.15, -0.1) is 23.2 Å². The first kappa shape index (κ1) is 15.0. The Morgan fingerprint density at radius 3 is 2.44 bits per heavy atom. The van der Waals surface area contributed by atoms with Gasteiger partial charge in [0.15, 0.2) is 11.9 Å². The van der Waals surface area contributed by atoms with Crippen LogP contribution in [0.25, 0.3) is 0 Å². The second-order valence-corrected chi connectivity index (χ2v) is 4.69. The molecular formula is C12H12Cl2O4. The summed E-state index contributed by atoms with van der Waals surface area (Å²) in [5.74, 6) is -1.65. The van der Waals surface area contributed by atoms with Crippen LogP contribution < -0.4 is 0 Å². The zero-order chi connectivity index (χ0) is 13.9. The summed E-state index contributed by atoms with van der Waals surface area (Å²) in [5, 5.41) is 17.5. The van der Waals surface area contributed by atoms with Crippen molar-refractivity contribution in [3.05, 3.63) is 34.9 Å². The normalized spacial score (nSPS) is 14.0. The summed E-state index contributed by atoms with van der Waals surface area (Å²) in [4.78, 5) is 22.4. The highest BCUT2D eigenvalue weighted by molar-refractivity contribution is 6.33. The van der Waals surface area contributed by atoms with Crippen LogP contribution in [0.3, 0.4) is 0 Å². The van der Waals surface area contributed by atoms with Crippen LogP contribution in [0.4, 0.5) is 0 Å². The third kappa shape index (κ3) is 3.22. The van der Waals surface area contributed by atoms with Crippen molar-refractivity contribution in [2.24, 2.45) is 0 Å². The Bertz CT molecular complexity index is 471. The Morgan fingerprint density at radius 1 is 1.39 bits per heavy atom. The van der Waals surface area contributed by atoms with Gasteiger partial charge in [-0.25, -0.2) is 4.79 Å². The number of aliphatic hydroxyl groups excluding tert-OH is 1. The Hall–Kier alpha value is -1.10. The zero-order valence-electron chi connectivity index (χ0n) is 9.56. The number of aliphatic hydroxyl groups is 1. The number of benzene rings is 1. The van der Waals surface area contributed by atoms with E-state index in [2.05, 4.69) is 0 Å². The summed E-state index contributed by atoms with van der Waals surface area (Å²) >= 11 is 11.4. The highest BCUT2D eigenvalue weighted by Crippen LogP contribution is 2.23. The monoisotopic (exact) mass is 290 g/mol. The Morgan fingerprint density at radius 2 is 2.00 bits per heavy atom. The second-order valence-electron chi connectivity index (χ2n) is 3.77. The van der Waals surface area contributed by atoms with Crippen molar-refractivity contribution in [3.8, 4) is 0 Å². The topological polar surface area (TPSA) is 74.6 Å². The molecule has 1 rings (SSSR count). The number of Topliss-reactive ketones (excluding diaryl/α,β-unsaturated/α-hetero) is 1. The molecule has 2 atom stereocenters. The second kappa shape index (κ2) is 6.18. The molecule has 0 spiro atoms. The maximum Gasteiger partial charge on any atom is 0.337 e. The van der Waals surface area contributed by atoms with Gasteiger partial charge in [-0.05, 0) is 24.1 Å². The van der Waals surface area contributed by atoms with Crippen LogP contribution in [0.15, 0.2) is 18.2 Å². The third-order valence-electron chi connectivity index (χ3n) is 2.46. The molecule has 0 aliphatic heterocycles. The van der Waals surface area contributed by atoms with E-state index in [0.717, 1.165) is 0 Å². The van der Waals surface area contributed by atoms with Crippen LogP contribution in [-0.4, -0.2) is 27.3 Å². The lowest BCUT2D eigenvalue weighted by atomic mass is 9.98. The molecule has 4 nitrogen and oxygen atoms in total. The van der Waals surface area contributed by atoms with Crippen LogP contribution in [0.5, 0.6) is 0 Å². The number of hydrogen-bond acceptors (Lipinski definition) is 3. The number of carbonyl (C=O) groups excluding carboxylic acids is 1. The minimum atomic E-state index is -1.66. The molecule has 0 aromatic heterocycles. The van der Waals surface area contributed by atoms with Gasteiger partial charge < -0.3 is 10.2 Å². The van der Waals surface area contributed by atoms with Crippen LogP contribution in [0.1, 0.15) is 34.5 Å². The number of ketones is 1. The molecule has 0 aliphatic carbocycles. The van der Waals surface area contributed by atoms with Crippen LogP contribution in [0.2, 0.25) is 0 Å². The number of carboxylic acids is 1. The first-order valence-electron chi connectivity index (χ1n) is 5.16. The quantitative estimate of drug-likeness (QED) is 0.645. The van der Waals surface area contributed by atoms with Crippen molar-refractivity contribution in [1.82, 2.24) is 0 Å². The van der Waals surface area contributed by atoms with Gasteiger partial charge in [-0.2, -0.15) is 0 Å². The summed E-state index contributed by atoms with van der Waals surface area (Å²) in [6.07, 6.45) is -1.66. The van der Waals surface area contributed by atoms with Gasteiger partial charge in [0.2, 0.25) is 0 Å². The first-order chi connectivity index (χ1) is 8.38. The van der Waals surface area contributed by atoms with E-state index in [-0.39, 0.29) is 17.2 Å². The fourth-order valence-corrected chi connectivity index (χ4v) is 1.86. The predicted molar refractivity (Wildman–Crippen MR) is 68.2 cm³/mol. The molecule has 18 heavy (non-hydrogen) atoms. The average molecular weight is 291 g/mol. The highest BCUT2D eigenvalue weighted by Gasteiger charge is 2.21. The molecule has 2 N–H and O–H groups in total. The van der Waals surface area contributed by atoms with Crippen LogP contribution >= 0.6 is 23.2 Å². The van der Waals surface area contributed by atoms with Crippen molar-refractivity contribution in [2.75, 3.05) is 0 Å². The number of rotatable bonds is 5. The van der Waals surface area contributed by atoms with Crippen molar-refractivity contribution in [2.45, 2.75) is 24.3 Å². The van der Waals surface area contributed by atoms with E-state index < -0.39 is 17.5 Å². The van der Waals surface area contributed by atoms with E-state index in [9.17, 15) is 14.7 Å². The lowest BCUT2D eigenvalue weighted by Gasteiger charge is -2.12. The highest BCUT2D eigenvalue weighted by atomic mass is 35.5. The predicted octanol–water partition coefficient (Wildman–Crippen LogP) is 2.35. The lowest BCUT2D eigenvalue weighted by molar-refractivity contribution is -0.147. The molecule has 6 heteroatoms. The molecular weight excluding hydrogens is 279 g/mol. The van der Waals surface area contributed by atoms with Gasteiger partial charge in [0.05, 0.1) is 5.38 Å². The van der Waals surface area contributed by atoms with E-state index in [1.54, 1.807) is 6.92 Å². The van der Waals surface area contributed by atoms with E-state index >= 15 is 0 Å². The first-order valence-corrected chi connectivity index (χ1v) is 6.13. The number of alkyl halides is 2. The zero-order valence-corrected chi connectivity index (χ0v) is 11.1. The molecule has 0 fully saturated rings. The Kier molecular flexibility index (Phi) is 5.14. The fraction of sp³-hybridized carbons (Fsp3) is 0.333. The third-order valence-corrected chi connectivity index (χ3v) is 2.95. The summed E-state index contributed by atoms with van der Waals surface area (Å²) in [6, 6.07) is 4.26. The number of carbonyl (C=O) groups is 2. The molecule has 0 heterocycles. The fourth-order valence-electron chi connectivity index (χ4n) is 1.50. The number of halogens is 2. The van der Waals surface area contributed by atoms with Crippen molar-refractivity contribution in [1.29, 1.82) is 0 Å². The maximum absolute atomic E-state index is 11.7. The van der Waals surface area contributed by atoms with Gasteiger partial charge in [0, 0.05) is 11.4 Å². The standard InChI is InChI=1S/C12H12Cl2O4/c1-6(14)10(15)7-2-3-9(8(4-7)5-13)11(16)12(17)18/h2-4,6,11,16H,5H2,1H3,(H,17,18). The molecule has 0 bridgehead atoms. The lowest BCUT2D eigenvalue weighted by Crippen LogP contribution is -2.15. The minimum absolute atomic E-state index is 0.00252. The van der Waals surface area contributed by atoms with E-state index in [4.69, 9.17) is 28.3 Å². The molecule has 2 unspecified atom stereocenters. The van der Waals surface area contributed by atoms with Gasteiger partial charge in [-0.3, -0.25) is 4.79 Å². The van der Waals surface area contributed by atoms with Crippen LogP contribution in [-0.2, 0) is 10.7 Å². The van der Waals surface area contributed by atoms with Gasteiger partial charge in [0.1, 0.15) is 0 Å². The number of aliphatic carboxylic acids is 1. The van der Waals surface area contributed by atoms with Crippen LogP contribution in [0, 0.1) is 0 Å². The van der Waals surface area contributed by atoms with Gasteiger partial charge >= 0.3 is 5.97 Å². The average Bonchev–Trinajstić information content (AvgIpc) is 2.35. The van der Waals surface area contributed by atoms with Crippen molar-refractivity contribution in [3.63, 3.8) is 0 Å². The molecule has 1 aromatic rings. The summed E-state index contributed by atoms with van der Waals surface area (Å²) < 4.78 is 0. The molecule has 0 radical (unpaired) electrons. The SMILES string of the molecule is CC(Cl)C(=O)c1ccc(C(O)C(=O)O)c(CCl)c1. The smallest absolute Gasteiger partial charge is 0.337 e. The van der Waals surface area contributed by atoms with Crippen molar-refractivity contribution < 1.29 is 19.8 Å². The summed E-state index contributed by atoms with van der Waals surface area (Å²) in [5.41, 5.74) is 0.917. The molecule has 0 saturated carbocycles. The van der Waals surface area contributed by atoms with Crippen molar-refractivity contribution >= 4 is 35.0 Å². The van der Waals surface area contributed by atoms with Gasteiger partial charge in [-0.1, -0.05) is 12.1 Å². The maximum atomic E-state index is 11.7. The number of carboxylic acid groups (broad SMARTS) is 1. The summed E-state index contributed by atoms with van der Waals surface area (Å²) in [6.45, 7) is 1.55. The Labute approximate surface area is 114 Å². The molecule has 98 valence electrons. The van der Waals surface area contributed by atoms with E-state index in [1.807, 2.05) is 0 Å². The largest absolute Gasteiger partial charge is 0.479 e. The number of hydrogen-bond donors (Lipinski definition) is 2.